The Labute approximate surface area is 181 Å². The van der Waals surface area contributed by atoms with Crippen molar-refractivity contribution in [2.24, 2.45) is 11.0 Å². The predicted molar refractivity (Wildman–Crippen MR) is 121 cm³/mol. The molecule has 1 heterocycles. The van der Waals surface area contributed by atoms with Crippen molar-refractivity contribution >= 4 is 11.4 Å². The molecular weight excluding hydrogens is 392 g/mol. The summed E-state index contributed by atoms with van der Waals surface area (Å²) in [6, 6.07) is 19.3. The van der Waals surface area contributed by atoms with Crippen molar-refractivity contribution in [3.63, 3.8) is 0 Å². The molecule has 0 saturated heterocycles. The highest BCUT2D eigenvalue weighted by molar-refractivity contribution is 6.08. The lowest BCUT2D eigenvalue weighted by molar-refractivity contribution is 0.0169. The summed E-state index contributed by atoms with van der Waals surface area (Å²) in [4.78, 5) is 0. The molecule has 0 aromatic heterocycles. The highest BCUT2D eigenvalue weighted by Gasteiger charge is 2.49. The van der Waals surface area contributed by atoms with Crippen LogP contribution < -0.4 is 10.2 Å². The fraction of sp³-hybridized carbons (Fsp3) is 0.240. The molecule has 0 spiro atoms. The molecule has 6 heteroatoms. The smallest absolute Gasteiger partial charge is 0.142 e. The minimum atomic E-state index is -0.785. The van der Waals surface area contributed by atoms with Gasteiger partial charge in [-0.15, -0.1) is 0 Å². The van der Waals surface area contributed by atoms with E-state index in [0.717, 1.165) is 11.3 Å². The molecule has 31 heavy (non-hydrogen) atoms. The van der Waals surface area contributed by atoms with Gasteiger partial charge in [0.15, 0.2) is 0 Å². The molecule has 0 bridgehead atoms. The van der Waals surface area contributed by atoms with E-state index in [1.807, 2.05) is 49.4 Å². The van der Waals surface area contributed by atoms with Gasteiger partial charge in [-0.3, -0.25) is 5.43 Å². The normalized spacial score (nSPS) is 21.4. The average molecular weight is 418 g/mol. The zero-order chi connectivity index (χ0) is 22.0. The largest absolute Gasteiger partial charge is 0.508 e. The maximum absolute atomic E-state index is 10.7. The van der Waals surface area contributed by atoms with Gasteiger partial charge in [0.25, 0.3) is 0 Å². The van der Waals surface area contributed by atoms with E-state index in [0.29, 0.717) is 29.9 Å². The molecule has 1 aliphatic rings. The Morgan fingerprint density at radius 1 is 0.935 bits per heavy atom. The molecule has 4 N–H and O–H groups in total. The second kappa shape index (κ2) is 8.22. The van der Waals surface area contributed by atoms with Gasteiger partial charge in [0.05, 0.1) is 17.0 Å². The summed E-state index contributed by atoms with van der Waals surface area (Å²) in [6.07, 6.45) is 1.32. The van der Waals surface area contributed by atoms with Gasteiger partial charge in [-0.2, -0.15) is 5.10 Å². The summed E-state index contributed by atoms with van der Waals surface area (Å²) in [6.45, 7) is 4.09. The van der Waals surface area contributed by atoms with E-state index < -0.39 is 5.60 Å². The first-order valence-corrected chi connectivity index (χ1v) is 10.4. The average Bonchev–Trinajstić information content (AvgIpc) is 2.77. The van der Waals surface area contributed by atoms with E-state index in [-0.39, 0.29) is 23.2 Å². The Balaban J connectivity index is 1.92. The van der Waals surface area contributed by atoms with Gasteiger partial charge >= 0.3 is 0 Å². The summed E-state index contributed by atoms with van der Waals surface area (Å²) in [5, 5.41) is 35.3. The van der Waals surface area contributed by atoms with Crippen LogP contribution in [-0.4, -0.2) is 21.0 Å². The first-order valence-electron chi connectivity index (χ1n) is 10.4. The van der Waals surface area contributed by atoms with Crippen molar-refractivity contribution in [1.29, 1.82) is 0 Å². The summed E-state index contributed by atoms with van der Waals surface area (Å²) in [7, 11) is 0. The van der Waals surface area contributed by atoms with Crippen molar-refractivity contribution in [1.82, 2.24) is 0 Å². The molecule has 160 valence electrons. The second-order valence-electron chi connectivity index (χ2n) is 7.67. The number of nitrogens with one attached hydrogen (secondary N) is 1. The number of phenols is 3. The fourth-order valence-electron chi connectivity index (χ4n) is 4.41. The molecule has 0 fully saturated rings. The van der Waals surface area contributed by atoms with Crippen LogP contribution in [0.1, 0.15) is 37.8 Å². The maximum atomic E-state index is 10.7. The van der Waals surface area contributed by atoms with E-state index in [9.17, 15) is 15.3 Å². The Kier molecular flexibility index (Phi) is 5.46. The van der Waals surface area contributed by atoms with Gasteiger partial charge < -0.3 is 20.1 Å². The molecule has 6 nitrogen and oxygen atoms in total. The molecule has 3 aromatic rings. The van der Waals surface area contributed by atoms with Gasteiger partial charge in [-0.25, -0.2) is 0 Å². The number of phenolic OH excluding ortho intramolecular Hbond substituents is 3. The molecule has 4 rings (SSSR count). The Bertz CT molecular complexity index is 1100. The van der Waals surface area contributed by atoms with Crippen molar-refractivity contribution in [3.05, 3.63) is 77.9 Å². The lowest BCUT2D eigenvalue weighted by Crippen LogP contribution is -2.48. The van der Waals surface area contributed by atoms with Gasteiger partial charge in [0.1, 0.15) is 28.6 Å². The standard InChI is InChI=1S/C25H26N2O4/c1-3-20-24(27-26-17-8-6-5-7-9-17)23-21(30)14-19(29)15-22(23)31-25(20,4-2)16-10-12-18(28)13-11-16/h5-15,20,26,28-30H,3-4H2,1-2H3. The van der Waals surface area contributed by atoms with Crippen LogP contribution in [0.25, 0.3) is 0 Å². The molecule has 3 aromatic carbocycles. The van der Waals surface area contributed by atoms with E-state index in [1.165, 1.54) is 12.1 Å². The van der Waals surface area contributed by atoms with E-state index in [1.54, 1.807) is 12.1 Å². The number of aromatic hydroxyl groups is 3. The Morgan fingerprint density at radius 3 is 2.29 bits per heavy atom. The van der Waals surface area contributed by atoms with Crippen LogP contribution in [-0.2, 0) is 5.60 Å². The summed E-state index contributed by atoms with van der Waals surface area (Å²) in [5.41, 5.74) is 5.15. The number of hydrogen-bond donors (Lipinski definition) is 4. The molecule has 2 atom stereocenters. The molecule has 0 aliphatic carbocycles. The zero-order valence-corrected chi connectivity index (χ0v) is 17.5. The minimum absolute atomic E-state index is 0.0857. The number of hydrogen-bond acceptors (Lipinski definition) is 6. The molecule has 0 radical (unpaired) electrons. The van der Waals surface area contributed by atoms with Crippen LogP contribution in [0, 0.1) is 5.92 Å². The summed E-state index contributed by atoms with van der Waals surface area (Å²) in [5.74, 6) is 0.177. The highest BCUT2D eigenvalue weighted by Crippen LogP contribution is 2.50. The third kappa shape index (κ3) is 3.65. The number of para-hydroxylation sites is 1. The third-order valence-corrected chi connectivity index (χ3v) is 5.88. The van der Waals surface area contributed by atoms with Crippen LogP contribution in [0.4, 0.5) is 5.69 Å². The molecule has 1 aliphatic heterocycles. The zero-order valence-electron chi connectivity index (χ0n) is 17.5. The third-order valence-electron chi connectivity index (χ3n) is 5.88. The summed E-state index contributed by atoms with van der Waals surface area (Å²) < 4.78 is 6.53. The quantitative estimate of drug-likeness (QED) is 0.420. The SMILES string of the molecule is CCC1C(=NNc2ccccc2)c2c(O)cc(O)cc2OC1(CC)c1ccc(O)cc1. The number of hydrazone groups is 1. The molecular formula is C25H26N2O4. The first kappa shape index (κ1) is 20.6. The van der Waals surface area contributed by atoms with Gasteiger partial charge in [0, 0.05) is 18.1 Å². The molecule has 0 amide bonds. The van der Waals surface area contributed by atoms with Gasteiger partial charge in [-0.05, 0) is 42.7 Å². The number of benzene rings is 3. The fourth-order valence-corrected chi connectivity index (χ4v) is 4.41. The monoisotopic (exact) mass is 418 g/mol. The maximum Gasteiger partial charge on any atom is 0.142 e. The number of rotatable bonds is 5. The van der Waals surface area contributed by atoms with Crippen molar-refractivity contribution < 1.29 is 20.1 Å². The van der Waals surface area contributed by atoms with Crippen molar-refractivity contribution in [3.8, 4) is 23.0 Å². The number of ether oxygens (including phenoxy) is 1. The van der Waals surface area contributed by atoms with Crippen LogP contribution in [0.3, 0.4) is 0 Å². The second-order valence-corrected chi connectivity index (χ2v) is 7.67. The number of fused-ring (bicyclic) bond motifs is 1. The van der Waals surface area contributed by atoms with E-state index >= 15 is 0 Å². The predicted octanol–water partition coefficient (Wildman–Crippen LogP) is 5.34. The van der Waals surface area contributed by atoms with E-state index in [4.69, 9.17) is 9.84 Å². The van der Waals surface area contributed by atoms with Crippen molar-refractivity contribution in [2.45, 2.75) is 32.3 Å². The van der Waals surface area contributed by atoms with Gasteiger partial charge in [0.2, 0.25) is 0 Å². The lowest BCUT2D eigenvalue weighted by atomic mass is 9.71. The summed E-state index contributed by atoms with van der Waals surface area (Å²) >= 11 is 0. The minimum Gasteiger partial charge on any atom is -0.508 e. The lowest BCUT2D eigenvalue weighted by Gasteiger charge is -2.45. The Morgan fingerprint density at radius 2 is 1.65 bits per heavy atom. The topological polar surface area (TPSA) is 94.3 Å². The molecule has 2 unspecified atom stereocenters. The Hall–Kier alpha value is -3.67. The first-order chi connectivity index (χ1) is 15.0. The van der Waals surface area contributed by atoms with Crippen LogP contribution in [0.2, 0.25) is 0 Å². The van der Waals surface area contributed by atoms with Crippen LogP contribution >= 0.6 is 0 Å². The molecule has 0 saturated carbocycles. The van der Waals surface area contributed by atoms with Crippen LogP contribution in [0.5, 0.6) is 23.0 Å². The van der Waals surface area contributed by atoms with Crippen LogP contribution in [0.15, 0.2) is 71.8 Å². The number of anilines is 1. The van der Waals surface area contributed by atoms with E-state index in [2.05, 4.69) is 12.3 Å². The number of nitrogens with zero attached hydrogens (tertiary/aromatic N) is 1. The van der Waals surface area contributed by atoms with Gasteiger partial charge in [-0.1, -0.05) is 44.2 Å². The van der Waals surface area contributed by atoms with Crippen molar-refractivity contribution in [2.75, 3.05) is 5.43 Å². The highest BCUT2D eigenvalue weighted by atomic mass is 16.5.